The number of amides is 1. The molecule has 2 aromatic rings. The van der Waals surface area contributed by atoms with E-state index in [4.69, 9.17) is 16.3 Å². The summed E-state index contributed by atoms with van der Waals surface area (Å²) in [4.78, 5) is 23.1. The first-order valence-electron chi connectivity index (χ1n) is 11.9. The Labute approximate surface area is 201 Å². The molecule has 2 unspecified atom stereocenters. The molecule has 0 aromatic heterocycles. The number of rotatable bonds is 4. The number of nitrogens with zero attached hydrogens (tertiary/aromatic N) is 4. The van der Waals surface area contributed by atoms with Crippen molar-refractivity contribution in [1.29, 1.82) is 0 Å². The van der Waals surface area contributed by atoms with Gasteiger partial charge in [-0.15, -0.1) is 0 Å². The topological polar surface area (TPSA) is 39.3 Å². The molecule has 2 fully saturated rings. The van der Waals surface area contributed by atoms with E-state index >= 15 is 0 Å². The van der Waals surface area contributed by atoms with Crippen molar-refractivity contribution in [2.24, 2.45) is 5.92 Å². The molecular formula is C26H33ClN4O2. The zero-order chi connectivity index (χ0) is 22.9. The van der Waals surface area contributed by atoms with E-state index in [1.54, 1.807) is 7.11 Å². The number of benzene rings is 2. The van der Waals surface area contributed by atoms with E-state index < -0.39 is 0 Å². The number of methoxy groups -OCH3 is 1. The summed E-state index contributed by atoms with van der Waals surface area (Å²) >= 11 is 6.08. The Morgan fingerprint density at radius 2 is 1.79 bits per heavy atom. The molecule has 0 N–H and O–H groups in total. The molecule has 0 spiro atoms. The molecule has 5 rings (SSSR count). The zero-order valence-electron chi connectivity index (χ0n) is 19.5. The molecule has 7 heteroatoms. The van der Waals surface area contributed by atoms with Crippen LogP contribution in [-0.4, -0.2) is 86.6 Å². The standard InChI is InChI=1S/C26H33ClN4O2/c1-28-9-12-30(13-10-28)26(32)23-15-20-5-8-22(33-2)16-24(20)31-14-11-29(18-25(23)31)17-19-3-6-21(27)7-4-19/h3-8,16,23,25H,9-15,17-18H2,1-2H3. The second kappa shape index (κ2) is 9.53. The number of hydrogen-bond acceptors (Lipinski definition) is 5. The van der Waals surface area contributed by atoms with E-state index in [-0.39, 0.29) is 12.0 Å². The molecule has 2 atom stereocenters. The average Bonchev–Trinajstić information content (AvgIpc) is 2.84. The first-order chi connectivity index (χ1) is 16.0. The molecule has 3 aliphatic rings. The number of hydrogen-bond donors (Lipinski definition) is 0. The van der Waals surface area contributed by atoms with Crippen molar-refractivity contribution in [3.8, 4) is 5.75 Å². The number of anilines is 1. The summed E-state index contributed by atoms with van der Waals surface area (Å²) in [6, 6.07) is 14.6. The molecule has 2 saturated heterocycles. The lowest BCUT2D eigenvalue weighted by Crippen LogP contribution is -2.62. The minimum absolute atomic E-state index is 0.0256. The molecular weight excluding hydrogens is 436 g/mol. The van der Waals surface area contributed by atoms with Gasteiger partial charge in [-0.05, 0) is 42.8 Å². The van der Waals surface area contributed by atoms with Crippen LogP contribution in [-0.2, 0) is 17.8 Å². The van der Waals surface area contributed by atoms with E-state index in [1.165, 1.54) is 16.8 Å². The average molecular weight is 469 g/mol. The van der Waals surface area contributed by atoms with Gasteiger partial charge in [0.2, 0.25) is 5.91 Å². The third kappa shape index (κ3) is 4.70. The van der Waals surface area contributed by atoms with Crippen LogP contribution >= 0.6 is 11.6 Å². The first-order valence-corrected chi connectivity index (χ1v) is 12.3. The Bertz CT molecular complexity index is 990. The van der Waals surface area contributed by atoms with Gasteiger partial charge in [0.05, 0.1) is 19.1 Å². The van der Waals surface area contributed by atoms with Gasteiger partial charge in [0, 0.05) is 69.1 Å². The van der Waals surface area contributed by atoms with Gasteiger partial charge in [0.25, 0.3) is 0 Å². The summed E-state index contributed by atoms with van der Waals surface area (Å²) in [6.07, 6.45) is 0.792. The van der Waals surface area contributed by atoms with Crippen LogP contribution in [0.2, 0.25) is 5.02 Å². The predicted octanol–water partition coefficient (Wildman–Crippen LogP) is 2.99. The highest BCUT2D eigenvalue weighted by molar-refractivity contribution is 6.30. The maximum absolute atomic E-state index is 13.8. The number of likely N-dealkylation sites (N-methyl/N-ethyl adjacent to an activating group) is 1. The molecule has 3 heterocycles. The molecule has 0 saturated carbocycles. The Morgan fingerprint density at radius 1 is 1.03 bits per heavy atom. The molecule has 0 aliphatic carbocycles. The fourth-order valence-corrected chi connectivity index (χ4v) is 5.63. The Hall–Kier alpha value is -2.28. The van der Waals surface area contributed by atoms with E-state index in [9.17, 15) is 4.79 Å². The molecule has 2 aromatic carbocycles. The Balaban J connectivity index is 1.40. The highest BCUT2D eigenvalue weighted by Gasteiger charge is 2.43. The van der Waals surface area contributed by atoms with E-state index in [2.05, 4.69) is 50.9 Å². The zero-order valence-corrected chi connectivity index (χ0v) is 20.3. The third-order valence-corrected chi connectivity index (χ3v) is 7.71. The van der Waals surface area contributed by atoms with Gasteiger partial charge in [0.15, 0.2) is 0 Å². The molecule has 33 heavy (non-hydrogen) atoms. The van der Waals surface area contributed by atoms with Gasteiger partial charge in [-0.2, -0.15) is 0 Å². The first kappa shape index (κ1) is 22.5. The summed E-state index contributed by atoms with van der Waals surface area (Å²) < 4.78 is 5.52. The lowest BCUT2D eigenvalue weighted by Gasteiger charge is -2.50. The van der Waals surface area contributed by atoms with Crippen LogP contribution in [0.25, 0.3) is 0 Å². The van der Waals surface area contributed by atoms with E-state index in [1.807, 2.05) is 18.2 Å². The number of ether oxygens (including phenoxy) is 1. The molecule has 176 valence electrons. The normalized spacial score (nSPS) is 23.7. The van der Waals surface area contributed by atoms with Crippen LogP contribution in [0.1, 0.15) is 11.1 Å². The van der Waals surface area contributed by atoms with E-state index in [0.29, 0.717) is 5.91 Å². The third-order valence-electron chi connectivity index (χ3n) is 7.46. The van der Waals surface area contributed by atoms with Gasteiger partial charge in [-0.1, -0.05) is 29.8 Å². The summed E-state index contributed by atoms with van der Waals surface area (Å²) in [5.74, 6) is 1.16. The molecule has 6 nitrogen and oxygen atoms in total. The lowest BCUT2D eigenvalue weighted by atomic mass is 9.82. The Kier molecular flexibility index (Phi) is 6.50. The second-order valence-electron chi connectivity index (χ2n) is 9.56. The number of carbonyl (C=O) groups is 1. The van der Waals surface area contributed by atoms with Crippen LogP contribution < -0.4 is 9.64 Å². The molecule has 0 bridgehead atoms. The maximum atomic E-state index is 13.8. The van der Waals surface area contributed by atoms with Gasteiger partial charge in [-0.25, -0.2) is 0 Å². The lowest BCUT2D eigenvalue weighted by molar-refractivity contribution is -0.138. The highest BCUT2D eigenvalue weighted by Crippen LogP contribution is 2.39. The van der Waals surface area contributed by atoms with Crippen molar-refractivity contribution < 1.29 is 9.53 Å². The van der Waals surface area contributed by atoms with Gasteiger partial charge in [-0.3, -0.25) is 9.69 Å². The molecule has 0 radical (unpaired) electrons. The van der Waals surface area contributed by atoms with Crippen LogP contribution in [0.3, 0.4) is 0 Å². The van der Waals surface area contributed by atoms with Crippen molar-refractivity contribution in [3.05, 3.63) is 58.6 Å². The number of carbonyl (C=O) groups excluding carboxylic acids is 1. The largest absolute Gasteiger partial charge is 0.497 e. The van der Waals surface area contributed by atoms with Gasteiger partial charge in [0.1, 0.15) is 5.75 Å². The van der Waals surface area contributed by atoms with Crippen molar-refractivity contribution in [3.63, 3.8) is 0 Å². The predicted molar refractivity (Wildman–Crippen MR) is 132 cm³/mol. The number of piperazine rings is 2. The fourth-order valence-electron chi connectivity index (χ4n) is 5.50. The molecule has 3 aliphatic heterocycles. The van der Waals surface area contributed by atoms with Crippen LogP contribution in [0.5, 0.6) is 5.75 Å². The summed E-state index contributed by atoms with van der Waals surface area (Å²) in [6.45, 7) is 7.17. The quantitative estimate of drug-likeness (QED) is 0.689. The Morgan fingerprint density at radius 3 is 2.52 bits per heavy atom. The van der Waals surface area contributed by atoms with Gasteiger partial charge >= 0.3 is 0 Å². The number of halogens is 1. The minimum Gasteiger partial charge on any atom is -0.497 e. The molecule has 1 amide bonds. The number of fused-ring (bicyclic) bond motifs is 3. The second-order valence-corrected chi connectivity index (χ2v) is 9.99. The van der Waals surface area contributed by atoms with Gasteiger partial charge < -0.3 is 19.4 Å². The monoisotopic (exact) mass is 468 g/mol. The highest BCUT2D eigenvalue weighted by atomic mass is 35.5. The van der Waals surface area contributed by atoms with Crippen LogP contribution in [0, 0.1) is 5.92 Å². The van der Waals surface area contributed by atoms with Crippen molar-refractivity contribution in [1.82, 2.24) is 14.7 Å². The van der Waals surface area contributed by atoms with Crippen molar-refractivity contribution in [2.75, 3.05) is 64.9 Å². The summed E-state index contributed by atoms with van der Waals surface area (Å²) in [5.41, 5.74) is 3.74. The van der Waals surface area contributed by atoms with Crippen molar-refractivity contribution >= 4 is 23.2 Å². The smallest absolute Gasteiger partial charge is 0.228 e. The minimum atomic E-state index is -0.0256. The van der Waals surface area contributed by atoms with Crippen LogP contribution in [0.15, 0.2) is 42.5 Å². The van der Waals surface area contributed by atoms with Crippen molar-refractivity contribution in [2.45, 2.75) is 19.0 Å². The van der Waals surface area contributed by atoms with E-state index in [0.717, 1.165) is 69.6 Å². The fraction of sp³-hybridized carbons (Fsp3) is 0.500. The van der Waals surface area contributed by atoms with Crippen LogP contribution in [0.4, 0.5) is 5.69 Å². The maximum Gasteiger partial charge on any atom is 0.228 e. The summed E-state index contributed by atoms with van der Waals surface area (Å²) in [7, 11) is 3.84. The summed E-state index contributed by atoms with van der Waals surface area (Å²) in [5, 5.41) is 0.763. The SMILES string of the molecule is COc1ccc2c(c1)N1CCN(Cc3ccc(Cl)cc3)CC1C(C(=O)N1CCN(C)CC1)C2.